The van der Waals surface area contributed by atoms with Crippen molar-refractivity contribution in [1.82, 2.24) is 10.0 Å². The summed E-state index contributed by atoms with van der Waals surface area (Å²) in [6, 6.07) is 3.31. The molecule has 0 aliphatic heterocycles. The van der Waals surface area contributed by atoms with Gasteiger partial charge in [-0.3, -0.25) is 0 Å². The van der Waals surface area contributed by atoms with Crippen LogP contribution in [0.25, 0.3) is 0 Å². The average molecular weight is 320 g/mol. The van der Waals surface area contributed by atoms with Crippen LogP contribution >= 0.6 is 0 Å². The van der Waals surface area contributed by atoms with E-state index in [4.69, 9.17) is 19.7 Å². The maximum Gasteiger partial charge on any atom is 0.274 e. The van der Waals surface area contributed by atoms with Crippen molar-refractivity contribution in [3.63, 3.8) is 0 Å². The zero-order valence-corrected chi connectivity index (χ0v) is 12.3. The van der Waals surface area contributed by atoms with Gasteiger partial charge < -0.3 is 25.1 Å². The summed E-state index contributed by atoms with van der Waals surface area (Å²) in [7, 11) is -4.08. The molecule has 9 heteroatoms. The second-order valence-electron chi connectivity index (χ2n) is 5.24. The maximum atomic E-state index is 12.1. The van der Waals surface area contributed by atoms with E-state index >= 15 is 0 Å². The molecule has 1 aliphatic carbocycles. The first-order valence-corrected chi connectivity index (χ1v) is 8.12. The molecule has 120 valence electrons. The third-order valence-electron chi connectivity index (χ3n) is 3.30. The van der Waals surface area contributed by atoms with E-state index in [2.05, 4.69) is 10.0 Å². The highest BCUT2D eigenvalue weighted by Gasteiger charge is 2.35. The Balaban J connectivity index is 2.07. The van der Waals surface area contributed by atoms with Crippen LogP contribution in [0.2, 0.25) is 0 Å². The van der Waals surface area contributed by atoms with E-state index in [1.54, 1.807) is 6.07 Å². The minimum atomic E-state index is -4.08. The molecule has 0 amide bonds. The SMILES string of the molecule is O=S(=O)(NC(CO)(CO)CO)c1ccc(CNC2CC2)o1. The van der Waals surface area contributed by atoms with Crippen molar-refractivity contribution in [3.05, 3.63) is 17.9 Å². The van der Waals surface area contributed by atoms with Crippen LogP contribution in [0.15, 0.2) is 21.6 Å². The number of sulfonamides is 1. The van der Waals surface area contributed by atoms with Gasteiger partial charge >= 0.3 is 0 Å². The quantitative estimate of drug-likeness (QED) is 0.375. The molecule has 0 aromatic carbocycles. The number of aliphatic hydroxyl groups is 3. The summed E-state index contributed by atoms with van der Waals surface area (Å²) in [4.78, 5) is 0. The molecule has 0 spiro atoms. The third kappa shape index (κ3) is 4.02. The largest absolute Gasteiger partial charge is 0.447 e. The van der Waals surface area contributed by atoms with Gasteiger partial charge in [-0.05, 0) is 25.0 Å². The van der Waals surface area contributed by atoms with E-state index in [0.29, 0.717) is 18.3 Å². The Bertz CT molecular complexity index is 554. The molecule has 5 N–H and O–H groups in total. The van der Waals surface area contributed by atoms with Gasteiger partial charge in [-0.25, -0.2) is 8.42 Å². The highest BCUT2D eigenvalue weighted by Crippen LogP contribution is 2.21. The molecule has 2 rings (SSSR count). The number of aliphatic hydroxyl groups excluding tert-OH is 3. The molecule has 0 unspecified atom stereocenters. The molecule has 1 saturated carbocycles. The fraction of sp³-hybridized carbons (Fsp3) is 0.667. The van der Waals surface area contributed by atoms with Crippen molar-refractivity contribution in [2.24, 2.45) is 0 Å². The van der Waals surface area contributed by atoms with E-state index in [1.807, 2.05) is 0 Å². The van der Waals surface area contributed by atoms with Gasteiger partial charge in [0.25, 0.3) is 10.0 Å². The fourth-order valence-corrected chi connectivity index (χ4v) is 3.04. The lowest BCUT2D eigenvalue weighted by atomic mass is 10.1. The van der Waals surface area contributed by atoms with E-state index in [9.17, 15) is 8.42 Å². The normalized spacial score (nSPS) is 16.3. The van der Waals surface area contributed by atoms with Crippen molar-refractivity contribution in [2.75, 3.05) is 19.8 Å². The van der Waals surface area contributed by atoms with Crippen molar-refractivity contribution in [2.45, 2.75) is 36.1 Å². The molecule has 1 aliphatic rings. The molecule has 0 atom stereocenters. The predicted octanol–water partition coefficient (Wildman–Crippen LogP) is -1.47. The fourth-order valence-electron chi connectivity index (χ4n) is 1.71. The van der Waals surface area contributed by atoms with Crippen LogP contribution in [-0.4, -0.2) is 55.1 Å². The molecule has 1 heterocycles. The zero-order valence-electron chi connectivity index (χ0n) is 11.4. The molecule has 1 fully saturated rings. The molecule has 21 heavy (non-hydrogen) atoms. The topological polar surface area (TPSA) is 132 Å². The molecule has 0 saturated heterocycles. The Kier molecular flexibility index (Phi) is 5.02. The van der Waals surface area contributed by atoms with Crippen LogP contribution in [-0.2, 0) is 16.6 Å². The predicted molar refractivity (Wildman–Crippen MR) is 72.9 cm³/mol. The van der Waals surface area contributed by atoms with Crippen LogP contribution in [0.3, 0.4) is 0 Å². The van der Waals surface area contributed by atoms with Gasteiger partial charge in [0.05, 0.1) is 26.4 Å². The summed E-state index contributed by atoms with van der Waals surface area (Å²) in [5.74, 6) is 0.477. The summed E-state index contributed by atoms with van der Waals surface area (Å²) in [6.45, 7) is -1.78. The average Bonchev–Trinajstić information content (AvgIpc) is 3.18. The molecular formula is C12H20N2O6S. The Hall–Kier alpha value is -0.970. The second kappa shape index (κ2) is 6.42. The van der Waals surface area contributed by atoms with Gasteiger partial charge in [0, 0.05) is 6.04 Å². The molecular weight excluding hydrogens is 300 g/mol. The van der Waals surface area contributed by atoms with Crippen molar-refractivity contribution >= 4 is 10.0 Å². The van der Waals surface area contributed by atoms with Gasteiger partial charge in [-0.2, -0.15) is 4.72 Å². The number of furan rings is 1. The summed E-state index contributed by atoms with van der Waals surface area (Å²) in [5, 5.41) is 30.3. The van der Waals surface area contributed by atoms with Gasteiger partial charge in [0.2, 0.25) is 5.09 Å². The van der Waals surface area contributed by atoms with E-state index in [0.717, 1.165) is 12.8 Å². The number of hydrogen-bond acceptors (Lipinski definition) is 7. The smallest absolute Gasteiger partial charge is 0.274 e. The first kappa shape index (κ1) is 16.4. The van der Waals surface area contributed by atoms with Crippen molar-refractivity contribution < 1.29 is 28.2 Å². The number of hydrogen-bond donors (Lipinski definition) is 5. The van der Waals surface area contributed by atoms with Crippen LogP contribution in [0, 0.1) is 0 Å². The Labute approximate surface area is 122 Å². The molecule has 1 aromatic rings. The van der Waals surface area contributed by atoms with E-state index in [1.165, 1.54) is 6.07 Å². The lowest BCUT2D eigenvalue weighted by Crippen LogP contribution is -2.56. The highest BCUT2D eigenvalue weighted by molar-refractivity contribution is 7.89. The lowest BCUT2D eigenvalue weighted by molar-refractivity contribution is 0.0579. The van der Waals surface area contributed by atoms with E-state index in [-0.39, 0.29) is 5.09 Å². The van der Waals surface area contributed by atoms with Gasteiger partial charge in [0.1, 0.15) is 11.3 Å². The number of nitrogens with one attached hydrogen (secondary N) is 2. The van der Waals surface area contributed by atoms with E-state index < -0.39 is 35.4 Å². The Morgan fingerprint density at radius 2 is 1.81 bits per heavy atom. The molecule has 8 nitrogen and oxygen atoms in total. The Morgan fingerprint density at radius 3 is 2.33 bits per heavy atom. The minimum Gasteiger partial charge on any atom is -0.447 e. The second-order valence-corrected chi connectivity index (χ2v) is 6.85. The number of rotatable bonds is 9. The monoisotopic (exact) mass is 320 g/mol. The summed E-state index contributed by atoms with van der Waals surface area (Å²) in [5.41, 5.74) is -1.72. The molecule has 0 radical (unpaired) electrons. The van der Waals surface area contributed by atoms with Crippen molar-refractivity contribution in [3.8, 4) is 0 Å². The maximum absolute atomic E-state index is 12.1. The molecule has 0 bridgehead atoms. The van der Waals surface area contributed by atoms with Gasteiger partial charge in [0.15, 0.2) is 0 Å². The van der Waals surface area contributed by atoms with Crippen LogP contribution in [0.1, 0.15) is 18.6 Å². The van der Waals surface area contributed by atoms with Crippen LogP contribution < -0.4 is 10.0 Å². The summed E-state index contributed by atoms with van der Waals surface area (Å²) in [6.07, 6.45) is 2.22. The lowest BCUT2D eigenvalue weighted by Gasteiger charge is -2.27. The minimum absolute atomic E-state index is 0.324. The third-order valence-corrected chi connectivity index (χ3v) is 4.75. The van der Waals surface area contributed by atoms with Crippen LogP contribution in [0.5, 0.6) is 0 Å². The first-order valence-electron chi connectivity index (χ1n) is 6.63. The summed E-state index contributed by atoms with van der Waals surface area (Å²) >= 11 is 0. The summed E-state index contributed by atoms with van der Waals surface area (Å²) < 4.78 is 31.6. The standard InChI is InChI=1S/C12H20N2O6S/c15-6-12(7-16,8-17)14-21(18,19)11-4-3-10(20-11)5-13-9-1-2-9/h3-4,9,13-17H,1-2,5-8H2. The van der Waals surface area contributed by atoms with Crippen LogP contribution in [0.4, 0.5) is 0 Å². The zero-order chi connectivity index (χ0) is 15.5. The van der Waals surface area contributed by atoms with Gasteiger partial charge in [-0.15, -0.1) is 0 Å². The van der Waals surface area contributed by atoms with Crippen molar-refractivity contribution in [1.29, 1.82) is 0 Å². The molecule has 1 aromatic heterocycles. The Morgan fingerprint density at radius 1 is 1.19 bits per heavy atom. The van der Waals surface area contributed by atoms with Gasteiger partial charge in [-0.1, -0.05) is 0 Å². The first-order chi connectivity index (χ1) is 9.94. The highest BCUT2D eigenvalue weighted by atomic mass is 32.2.